The molecule has 0 saturated heterocycles. The first kappa shape index (κ1) is 58.9. The van der Waals surface area contributed by atoms with Crippen LogP contribution in [0.2, 0.25) is 0 Å². The fraction of sp³-hybridized carbons (Fsp3) is 0.592. The number of para-hydroxylation sites is 1. The predicted octanol–water partition coefficient (Wildman–Crippen LogP) is 6.86. The van der Waals surface area contributed by atoms with E-state index in [-0.39, 0.29) is 37.0 Å². The van der Waals surface area contributed by atoms with Gasteiger partial charge in [-0.2, -0.15) is 13.2 Å². The molecule has 0 spiro atoms. The number of alkyl halides is 3. The van der Waals surface area contributed by atoms with E-state index >= 15 is 0 Å². The smallest absolute Gasteiger partial charge is 0.416 e. The van der Waals surface area contributed by atoms with E-state index in [2.05, 4.69) is 17.6 Å². The van der Waals surface area contributed by atoms with E-state index in [1.165, 1.54) is 18.2 Å². The molecule has 0 aromatic heterocycles. The molecule has 0 unspecified atom stereocenters. The standard InChI is InChI=1S/C49H71F3N2O15/c1-2-3-15-53-43-13-11-41(12-14-43)47(55)68-38-36-66-34-32-64-30-28-62-26-24-60-22-20-58-18-16-57-17-19-59-21-23-61-25-27-63-29-31-65-33-35-67-37-39-69-48(56)45-9-4-5-10-46(45)54-44-8-6-7-42(40-44)49(50,51)52/h4-14,40,53-54H,2-3,15-39H2,1H3. The molecular formula is C49H71F3N2O15. The number of rotatable bonds is 44. The molecule has 0 amide bonds. The number of carbonyl (C=O) groups is 2. The average Bonchev–Trinajstić information content (AvgIpc) is 3.35. The van der Waals surface area contributed by atoms with Crippen molar-refractivity contribution >= 4 is 29.0 Å². The minimum Gasteiger partial charge on any atom is -0.460 e. The maximum absolute atomic E-state index is 13.1. The lowest BCUT2D eigenvalue weighted by Crippen LogP contribution is -2.16. The molecular weight excluding hydrogens is 914 g/mol. The van der Waals surface area contributed by atoms with Gasteiger partial charge in [-0.1, -0.05) is 31.5 Å². The second kappa shape index (κ2) is 39.3. The quantitative estimate of drug-likeness (QED) is 0.0443. The Morgan fingerprint density at radius 2 is 0.841 bits per heavy atom. The third kappa shape index (κ3) is 30.0. The average molecular weight is 985 g/mol. The lowest BCUT2D eigenvalue weighted by molar-refractivity contribution is -0.137. The van der Waals surface area contributed by atoms with E-state index in [1.807, 2.05) is 12.1 Å². The molecule has 388 valence electrons. The first-order valence-corrected chi connectivity index (χ1v) is 23.3. The number of unbranched alkanes of at least 4 members (excludes halogenated alkanes) is 1. The van der Waals surface area contributed by atoms with Crippen molar-refractivity contribution in [2.24, 2.45) is 0 Å². The molecule has 0 heterocycles. The van der Waals surface area contributed by atoms with Gasteiger partial charge < -0.3 is 72.2 Å². The molecule has 0 fully saturated rings. The molecule has 0 aliphatic rings. The number of nitrogens with one attached hydrogen (secondary N) is 2. The van der Waals surface area contributed by atoms with Gasteiger partial charge in [-0.25, -0.2) is 9.59 Å². The SMILES string of the molecule is CCCCNc1ccc(C(=O)OCCOCCOCCOCCOCCOCCOCCOCCOCCOCCOCCOCCOC(=O)c2ccccc2Nc2cccc(C(F)(F)F)c2)cc1. The summed E-state index contributed by atoms with van der Waals surface area (Å²) in [5.41, 5.74) is 1.38. The van der Waals surface area contributed by atoms with E-state index in [9.17, 15) is 22.8 Å². The van der Waals surface area contributed by atoms with Crippen LogP contribution in [0, 0.1) is 0 Å². The molecule has 69 heavy (non-hydrogen) atoms. The summed E-state index contributed by atoms with van der Waals surface area (Å²) in [7, 11) is 0. The molecule has 2 N–H and O–H groups in total. The van der Waals surface area contributed by atoms with E-state index in [0.717, 1.165) is 37.2 Å². The van der Waals surface area contributed by atoms with Crippen LogP contribution in [0.1, 0.15) is 46.0 Å². The Morgan fingerprint density at radius 1 is 0.449 bits per heavy atom. The van der Waals surface area contributed by atoms with Gasteiger partial charge in [0, 0.05) is 17.9 Å². The van der Waals surface area contributed by atoms with Crippen LogP contribution < -0.4 is 10.6 Å². The van der Waals surface area contributed by atoms with E-state index < -0.39 is 17.7 Å². The summed E-state index contributed by atoms with van der Waals surface area (Å²) in [5, 5.41) is 6.17. The Morgan fingerprint density at radius 3 is 1.25 bits per heavy atom. The molecule has 0 atom stereocenters. The van der Waals surface area contributed by atoms with Crippen molar-refractivity contribution in [1.82, 2.24) is 0 Å². The first-order chi connectivity index (χ1) is 33.8. The summed E-state index contributed by atoms with van der Waals surface area (Å²) in [6, 6.07) is 18.4. The number of carbonyl (C=O) groups excluding carboxylic acids is 2. The van der Waals surface area contributed by atoms with Gasteiger partial charge in [0.15, 0.2) is 0 Å². The van der Waals surface area contributed by atoms with Crippen LogP contribution in [0.25, 0.3) is 0 Å². The topological polar surface area (TPSA) is 178 Å². The van der Waals surface area contributed by atoms with E-state index in [4.69, 9.17) is 61.6 Å². The summed E-state index contributed by atoms with van der Waals surface area (Å²) in [5.74, 6) is -1.01. The number of esters is 2. The molecule has 20 heteroatoms. The second-order valence-corrected chi connectivity index (χ2v) is 14.6. The zero-order valence-corrected chi connectivity index (χ0v) is 39.8. The van der Waals surface area contributed by atoms with Crippen molar-refractivity contribution in [3.63, 3.8) is 0 Å². The number of halogens is 3. The van der Waals surface area contributed by atoms with Gasteiger partial charge in [0.2, 0.25) is 0 Å². The Kier molecular flexibility index (Phi) is 33.5. The van der Waals surface area contributed by atoms with Gasteiger partial charge in [0.1, 0.15) is 13.2 Å². The Hall–Kier alpha value is -4.45. The highest BCUT2D eigenvalue weighted by atomic mass is 19.4. The Balaban J connectivity index is 0.954. The number of hydrogen-bond donors (Lipinski definition) is 2. The van der Waals surface area contributed by atoms with Crippen molar-refractivity contribution in [2.45, 2.75) is 25.9 Å². The number of hydrogen-bond acceptors (Lipinski definition) is 17. The third-order valence-corrected chi connectivity index (χ3v) is 9.24. The Bertz CT molecular complexity index is 1740. The van der Waals surface area contributed by atoms with Crippen molar-refractivity contribution in [2.75, 3.05) is 176 Å². The maximum atomic E-state index is 13.1. The summed E-state index contributed by atoms with van der Waals surface area (Å²) in [6.07, 6.45) is -2.26. The van der Waals surface area contributed by atoms with E-state index in [1.54, 1.807) is 30.3 Å². The third-order valence-electron chi connectivity index (χ3n) is 9.24. The number of benzene rings is 3. The van der Waals surface area contributed by atoms with Gasteiger partial charge in [0.05, 0.1) is 168 Å². The molecule has 0 aliphatic heterocycles. The maximum Gasteiger partial charge on any atom is 0.416 e. The summed E-state index contributed by atoms with van der Waals surface area (Å²) >= 11 is 0. The van der Waals surface area contributed by atoms with Crippen LogP contribution in [0.3, 0.4) is 0 Å². The predicted molar refractivity (Wildman–Crippen MR) is 251 cm³/mol. The highest BCUT2D eigenvalue weighted by molar-refractivity contribution is 5.96. The van der Waals surface area contributed by atoms with Gasteiger partial charge in [-0.05, 0) is 61.0 Å². The molecule has 3 aromatic rings. The zero-order chi connectivity index (χ0) is 49.3. The minimum atomic E-state index is -4.48. The highest BCUT2D eigenvalue weighted by Gasteiger charge is 2.30. The summed E-state index contributed by atoms with van der Waals surface area (Å²) in [4.78, 5) is 24.8. The fourth-order valence-electron chi connectivity index (χ4n) is 5.68. The molecule has 3 aromatic carbocycles. The summed E-state index contributed by atoms with van der Waals surface area (Å²) < 4.78 is 110. The van der Waals surface area contributed by atoms with Crippen LogP contribution in [-0.2, 0) is 67.8 Å². The van der Waals surface area contributed by atoms with Crippen molar-refractivity contribution < 1.29 is 84.3 Å². The fourth-order valence-corrected chi connectivity index (χ4v) is 5.68. The van der Waals surface area contributed by atoms with Gasteiger partial charge in [0.25, 0.3) is 0 Å². The van der Waals surface area contributed by atoms with Gasteiger partial charge in [-0.3, -0.25) is 0 Å². The highest BCUT2D eigenvalue weighted by Crippen LogP contribution is 2.32. The molecule has 17 nitrogen and oxygen atoms in total. The van der Waals surface area contributed by atoms with Crippen molar-refractivity contribution in [1.29, 1.82) is 0 Å². The van der Waals surface area contributed by atoms with Gasteiger partial charge >= 0.3 is 18.1 Å². The normalized spacial score (nSPS) is 11.5. The first-order valence-electron chi connectivity index (χ1n) is 23.3. The molecule has 0 aliphatic carbocycles. The molecule has 3 rings (SSSR count). The van der Waals surface area contributed by atoms with Crippen LogP contribution in [0.4, 0.5) is 30.2 Å². The monoisotopic (exact) mass is 984 g/mol. The zero-order valence-electron chi connectivity index (χ0n) is 39.8. The molecule has 0 saturated carbocycles. The lowest BCUT2D eigenvalue weighted by Gasteiger charge is -2.13. The number of anilines is 3. The molecule has 0 radical (unpaired) electrons. The minimum absolute atomic E-state index is 0.0100. The Labute approximate surface area is 403 Å². The molecule has 0 bridgehead atoms. The summed E-state index contributed by atoms with van der Waals surface area (Å²) in [6.45, 7) is 12.1. The number of ether oxygens (including phenoxy) is 13. The van der Waals surface area contributed by atoms with Crippen molar-refractivity contribution in [3.8, 4) is 0 Å². The second-order valence-electron chi connectivity index (χ2n) is 14.6. The van der Waals surface area contributed by atoms with Gasteiger partial charge in [-0.15, -0.1) is 0 Å². The van der Waals surface area contributed by atoms with Crippen LogP contribution in [0.5, 0.6) is 0 Å². The largest absolute Gasteiger partial charge is 0.460 e. The van der Waals surface area contributed by atoms with Crippen LogP contribution >= 0.6 is 0 Å². The van der Waals surface area contributed by atoms with Crippen LogP contribution in [-0.4, -0.2) is 177 Å². The lowest BCUT2D eigenvalue weighted by atomic mass is 10.1. The van der Waals surface area contributed by atoms with Crippen molar-refractivity contribution in [3.05, 3.63) is 89.5 Å². The van der Waals surface area contributed by atoms with E-state index in [0.29, 0.717) is 150 Å². The van der Waals surface area contributed by atoms with Crippen LogP contribution in [0.15, 0.2) is 72.8 Å².